The summed E-state index contributed by atoms with van der Waals surface area (Å²) >= 11 is 5.89. The van der Waals surface area contributed by atoms with Crippen LogP contribution in [0.15, 0.2) is 48.5 Å². The van der Waals surface area contributed by atoms with Crippen LogP contribution in [0.5, 0.6) is 0 Å². The van der Waals surface area contributed by atoms with Gasteiger partial charge in [-0.1, -0.05) is 23.7 Å². The van der Waals surface area contributed by atoms with E-state index >= 15 is 0 Å². The average molecular weight is 494 g/mol. The highest BCUT2D eigenvalue weighted by molar-refractivity contribution is 6.30. The Hall–Kier alpha value is -3.49. The first-order valence-corrected chi connectivity index (χ1v) is 12.0. The lowest BCUT2D eigenvalue weighted by Gasteiger charge is -2.22. The van der Waals surface area contributed by atoms with Crippen molar-refractivity contribution in [3.8, 4) is 0 Å². The molecular weight excluding hydrogens is 466 g/mol. The molecule has 35 heavy (non-hydrogen) atoms. The topological polar surface area (TPSA) is 107 Å². The molecule has 0 radical (unpaired) electrons. The van der Waals surface area contributed by atoms with Crippen LogP contribution in [-0.4, -0.2) is 47.1 Å². The number of carboxylic acids is 1. The van der Waals surface area contributed by atoms with E-state index in [1.165, 1.54) is 0 Å². The molecule has 1 aliphatic rings. The van der Waals surface area contributed by atoms with E-state index in [0.29, 0.717) is 46.3 Å². The van der Waals surface area contributed by atoms with Crippen LogP contribution in [0.4, 0.5) is 11.5 Å². The van der Waals surface area contributed by atoms with Crippen LogP contribution in [0.3, 0.4) is 0 Å². The van der Waals surface area contributed by atoms with Crippen LogP contribution < -0.4 is 15.5 Å². The lowest BCUT2D eigenvalue weighted by molar-refractivity contribution is -0.136. The number of hydrogen-bond acceptors (Lipinski definition) is 6. The minimum Gasteiger partial charge on any atom is -0.481 e. The number of aromatic nitrogens is 2. The van der Waals surface area contributed by atoms with Crippen molar-refractivity contribution in [2.45, 2.75) is 32.2 Å². The molecule has 0 bridgehead atoms. The molecule has 1 aliphatic heterocycles. The van der Waals surface area contributed by atoms with Gasteiger partial charge in [-0.3, -0.25) is 9.59 Å². The maximum atomic E-state index is 12.4. The Kier molecular flexibility index (Phi) is 7.94. The van der Waals surface area contributed by atoms with Crippen LogP contribution >= 0.6 is 11.6 Å². The number of halogens is 1. The molecule has 4 rings (SSSR count). The molecule has 0 unspecified atom stereocenters. The normalized spacial score (nSPS) is 13.1. The van der Waals surface area contributed by atoms with Crippen LogP contribution in [-0.2, 0) is 24.2 Å². The van der Waals surface area contributed by atoms with Gasteiger partial charge in [-0.15, -0.1) is 0 Å². The fourth-order valence-corrected chi connectivity index (χ4v) is 4.30. The lowest BCUT2D eigenvalue weighted by atomic mass is 10.1. The predicted molar refractivity (Wildman–Crippen MR) is 136 cm³/mol. The second-order valence-electron chi connectivity index (χ2n) is 8.52. The highest BCUT2D eigenvalue weighted by Crippen LogP contribution is 2.26. The molecule has 9 heteroatoms. The molecule has 2 heterocycles. The van der Waals surface area contributed by atoms with Gasteiger partial charge in [0, 0.05) is 47.9 Å². The van der Waals surface area contributed by atoms with E-state index in [0.717, 1.165) is 37.3 Å². The summed E-state index contributed by atoms with van der Waals surface area (Å²) in [6.07, 6.45) is 2.52. The maximum Gasteiger partial charge on any atom is 0.308 e. The number of rotatable bonds is 9. The van der Waals surface area contributed by atoms with Crippen molar-refractivity contribution >= 4 is 35.0 Å². The highest BCUT2D eigenvalue weighted by Gasteiger charge is 2.23. The quantitative estimate of drug-likeness (QED) is 0.414. The second-order valence-corrected chi connectivity index (χ2v) is 8.95. The Morgan fingerprint density at radius 2 is 1.71 bits per heavy atom. The Labute approximate surface area is 209 Å². The largest absolute Gasteiger partial charge is 0.481 e. The fourth-order valence-electron chi connectivity index (χ4n) is 4.18. The van der Waals surface area contributed by atoms with Gasteiger partial charge in [0.25, 0.3) is 5.91 Å². The molecule has 3 N–H and O–H groups in total. The fraction of sp³-hybridized carbons (Fsp3) is 0.308. The summed E-state index contributed by atoms with van der Waals surface area (Å²) in [6.45, 7) is 2.20. The van der Waals surface area contributed by atoms with Crippen LogP contribution in [0.25, 0.3) is 0 Å². The van der Waals surface area contributed by atoms with Crippen LogP contribution in [0.2, 0.25) is 5.02 Å². The van der Waals surface area contributed by atoms with Crippen LogP contribution in [0, 0.1) is 0 Å². The maximum absolute atomic E-state index is 12.4. The lowest BCUT2D eigenvalue weighted by Crippen LogP contribution is -2.25. The van der Waals surface area contributed by atoms with E-state index in [1.54, 1.807) is 24.3 Å². The van der Waals surface area contributed by atoms with E-state index in [-0.39, 0.29) is 12.3 Å². The molecule has 1 fully saturated rings. The van der Waals surface area contributed by atoms with Crippen molar-refractivity contribution in [3.05, 3.63) is 81.8 Å². The molecule has 1 amide bonds. The molecule has 2 aromatic carbocycles. The third-order valence-electron chi connectivity index (χ3n) is 5.88. The van der Waals surface area contributed by atoms with Gasteiger partial charge in [0.1, 0.15) is 11.6 Å². The van der Waals surface area contributed by atoms with Gasteiger partial charge in [0.05, 0.1) is 12.1 Å². The zero-order chi connectivity index (χ0) is 24.8. The van der Waals surface area contributed by atoms with Crippen molar-refractivity contribution < 1.29 is 14.7 Å². The third-order valence-corrected chi connectivity index (χ3v) is 6.13. The number of amides is 1. The molecule has 0 saturated carbocycles. The monoisotopic (exact) mass is 493 g/mol. The summed E-state index contributed by atoms with van der Waals surface area (Å²) in [7, 11) is 1.82. The molecule has 1 aromatic heterocycles. The number of aliphatic carboxylic acids is 1. The van der Waals surface area contributed by atoms with Gasteiger partial charge < -0.3 is 20.6 Å². The minimum absolute atomic E-state index is 0.106. The summed E-state index contributed by atoms with van der Waals surface area (Å²) in [4.78, 5) is 35.7. The smallest absolute Gasteiger partial charge is 0.308 e. The van der Waals surface area contributed by atoms with Crippen molar-refractivity contribution in [1.29, 1.82) is 0 Å². The minimum atomic E-state index is -0.893. The van der Waals surface area contributed by atoms with Gasteiger partial charge >= 0.3 is 5.97 Å². The van der Waals surface area contributed by atoms with Crippen molar-refractivity contribution in [2.75, 3.05) is 30.4 Å². The van der Waals surface area contributed by atoms with Crippen molar-refractivity contribution in [1.82, 2.24) is 15.3 Å². The number of benzene rings is 2. The molecule has 3 aromatic rings. The summed E-state index contributed by atoms with van der Waals surface area (Å²) in [6, 6.07) is 14.3. The standard InChI is InChI=1S/C26H28ClN5O3/c1-28-16-22-21(15-24(33)34)25(32-12-2-3-13-32)31-23(30-22)14-17-4-10-20(11-5-17)29-26(35)18-6-8-19(27)9-7-18/h4-11,28H,2-3,12-16H2,1H3,(H,29,35)(H,33,34). The third kappa shape index (κ3) is 6.35. The summed E-state index contributed by atoms with van der Waals surface area (Å²) in [5, 5.41) is 16.0. The van der Waals surface area contributed by atoms with Crippen molar-refractivity contribution in [2.24, 2.45) is 0 Å². The Morgan fingerprint density at radius 3 is 2.34 bits per heavy atom. The summed E-state index contributed by atoms with van der Waals surface area (Å²) in [5.74, 6) is 0.269. The molecule has 8 nitrogen and oxygen atoms in total. The first-order chi connectivity index (χ1) is 16.9. The number of carbonyl (C=O) groups excluding carboxylic acids is 1. The molecule has 1 saturated heterocycles. The SMILES string of the molecule is CNCc1nc(Cc2ccc(NC(=O)c3ccc(Cl)cc3)cc2)nc(N2CCCC2)c1CC(=O)O. The average Bonchev–Trinajstić information content (AvgIpc) is 3.37. The number of anilines is 2. The Morgan fingerprint density at radius 1 is 1.03 bits per heavy atom. The molecule has 0 spiro atoms. The van der Waals surface area contributed by atoms with E-state index in [9.17, 15) is 14.7 Å². The van der Waals surface area contributed by atoms with Crippen LogP contribution in [0.1, 0.15) is 45.8 Å². The van der Waals surface area contributed by atoms with E-state index < -0.39 is 5.97 Å². The predicted octanol–water partition coefficient (Wildman–Crippen LogP) is 3.92. The first-order valence-electron chi connectivity index (χ1n) is 11.6. The Balaban J connectivity index is 1.54. The summed E-state index contributed by atoms with van der Waals surface area (Å²) < 4.78 is 0. The molecule has 0 atom stereocenters. The molecule has 182 valence electrons. The number of nitrogens with zero attached hydrogens (tertiary/aromatic N) is 3. The van der Waals surface area contributed by atoms with Gasteiger partial charge in [-0.2, -0.15) is 0 Å². The molecular formula is C26H28ClN5O3. The molecule has 0 aliphatic carbocycles. The number of carboxylic acid groups (broad SMARTS) is 1. The number of nitrogens with one attached hydrogen (secondary N) is 2. The van der Waals surface area contributed by atoms with E-state index in [2.05, 4.69) is 15.5 Å². The Bertz CT molecular complexity index is 1190. The first kappa shape index (κ1) is 24.6. The van der Waals surface area contributed by atoms with Gasteiger partial charge in [-0.25, -0.2) is 9.97 Å². The second kappa shape index (κ2) is 11.3. The zero-order valence-electron chi connectivity index (χ0n) is 19.6. The van der Waals surface area contributed by atoms with E-state index in [1.807, 2.05) is 31.3 Å². The van der Waals surface area contributed by atoms with Gasteiger partial charge in [-0.05, 0) is 61.9 Å². The highest BCUT2D eigenvalue weighted by atomic mass is 35.5. The zero-order valence-corrected chi connectivity index (χ0v) is 20.3. The van der Waals surface area contributed by atoms with Gasteiger partial charge in [0.15, 0.2) is 0 Å². The van der Waals surface area contributed by atoms with Crippen molar-refractivity contribution in [3.63, 3.8) is 0 Å². The number of hydrogen-bond donors (Lipinski definition) is 3. The number of carbonyl (C=O) groups is 2. The summed E-state index contributed by atoms with van der Waals surface area (Å²) in [5.41, 5.74) is 3.59. The van der Waals surface area contributed by atoms with Gasteiger partial charge in [0.2, 0.25) is 0 Å². The van der Waals surface area contributed by atoms with E-state index in [4.69, 9.17) is 21.6 Å².